The van der Waals surface area contributed by atoms with Crippen molar-refractivity contribution in [2.24, 2.45) is 5.92 Å². The molecule has 1 saturated heterocycles. The van der Waals surface area contributed by atoms with Gasteiger partial charge in [-0.3, -0.25) is 9.69 Å². The number of nitrogens with zero attached hydrogens (tertiary/aromatic N) is 1. The number of rotatable bonds is 6. The zero-order valence-corrected chi connectivity index (χ0v) is 14.0. The second-order valence-corrected chi connectivity index (χ2v) is 5.71. The predicted octanol–water partition coefficient (Wildman–Crippen LogP) is 2.36. The highest BCUT2D eigenvalue weighted by atomic mass is 35.5. The normalized spacial score (nSPS) is 17.7. The van der Waals surface area contributed by atoms with Gasteiger partial charge in [-0.15, -0.1) is 12.4 Å². The second kappa shape index (κ2) is 9.80. The van der Waals surface area contributed by atoms with Crippen molar-refractivity contribution < 1.29 is 18.3 Å². The summed E-state index contributed by atoms with van der Waals surface area (Å²) in [6.07, 6.45) is 2.21. The summed E-state index contributed by atoms with van der Waals surface area (Å²) in [6, 6.07) is 3.84. The van der Waals surface area contributed by atoms with E-state index in [1.165, 1.54) is 13.2 Å². The van der Waals surface area contributed by atoms with Crippen LogP contribution in [0.5, 0.6) is 0 Å². The Morgan fingerprint density at radius 2 is 2.17 bits per heavy atom. The molecular weight excluding hydrogens is 326 g/mol. The Hall–Kier alpha value is -1.24. The number of halogens is 3. The number of hydrogen-bond donors (Lipinski definition) is 1. The molecule has 2 rings (SSSR count). The Morgan fingerprint density at radius 1 is 1.39 bits per heavy atom. The molecule has 1 aromatic rings. The molecule has 0 saturated carbocycles. The molecule has 1 aliphatic rings. The summed E-state index contributed by atoms with van der Waals surface area (Å²) >= 11 is 0. The van der Waals surface area contributed by atoms with E-state index in [2.05, 4.69) is 5.32 Å². The van der Waals surface area contributed by atoms with Crippen molar-refractivity contribution >= 4 is 18.4 Å². The molecule has 130 valence electrons. The highest BCUT2D eigenvalue weighted by Crippen LogP contribution is 2.15. The number of esters is 1. The Bertz CT molecular complexity index is 511. The summed E-state index contributed by atoms with van der Waals surface area (Å²) < 4.78 is 31.0. The maximum atomic E-state index is 13.3. The van der Waals surface area contributed by atoms with Gasteiger partial charge in [-0.05, 0) is 49.5 Å². The van der Waals surface area contributed by atoms with Gasteiger partial charge in [0.25, 0.3) is 0 Å². The third-order valence-corrected chi connectivity index (χ3v) is 3.89. The standard InChI is InChI=1S/C16H22F2N2O2.ClH/c1-22-16(21)11-20(10-13-3-2-6-19-8-13)9-12-4-5-14(17)15(18)7-12;/h4-5,7,13,19H,2-3,6,8-11H2,1H3;1H. The molecule has 0 bridgehead atoms. The van der Waals surface area contributed by atoms with Gasteiger partial charge in [0.05, 0.1) is 13.7 Å². The Kier molecular flexibility index (Phi) is 8.44. The quantitative estimate of drug-likeness (QED) is 0.801. The van der Waals surface area contributed by atoms with Crippen LogP contribution < -0.4 is 5.32 Å². The summed E-state index contributed by atoms with van der Waals surface area (Å²) in [5.74, 6) is -1.61. The molecule has 0 radical (unpaired) electrons. The molecule has 7 heteroatoms. The first-order valence-electron chi connectivity index (χ1n) is 7.52. The van der Waals surface area contributed by atoms with E-state index >= 15 is 0 Å². The van der Waals surface area contributed by atoms with Gasteiger partial charge in [0.2, 0.25) is 0 Å². The Morgan fingerprint density at radius 3 is 2.78 bits per heavy atom. The molecular formula is C16H23ClF2N2O2. The molecule has 1 atom stereocenters. The second-order valence-electron chi connectivity index (χ2n) is 5.71. The number of piperidine rings is 1. The van der Waals surface area contributed by atoms with Crippen molar-refractivity contribution in [2.45, 2.75) is 19.4 Å². The number of carbonyl (C=O) groups is 1. The van der Waals surface area contributed by atoms with Crippen LogP contribution in [0.2, 0.25) is 0 Å². The minimum Gasteiger partial charge on any atom is -0.468 e. The van der Waals surface area contributed by atoms with Gasteiger partial charge in [0.15, 0.2) is 11.6 Å². The van der Waals surface area contributed by atoms with E-state index in [9.17, 15) is 13.6 Å². The summed E-state index contributed by atoms with van der Waals surface area (Å²) in [4.78, 5) is 13.5. The summed E-state index contributed by atoms with van der Waals surface area (Å²) in [5, 5.41) is 3.34. The third-order valence-electron chi connectivity index (χ3n) is 3.89. The van der Waals surface area contributed by atoms with Crippen molar-refractivity contribution in [2.75, 3.05) is 33.3 Å². The number of nitrogens with one attached hydrogen (secondary N) is 1. The summed E-state index contributed by atoms with van der Waals surface area (Å²) in [5.41, 5.74) is 0.645. The van der Waals surface area contributed by atoms with E-state index in [1.54, 1.807) is 6.07 Å². The smallest absolute Gasteiger partial charge is 0.319 e. The Labute approximate surface area is 141 Å². The van der Waals surface area contributed by atoms with E-state index in [4.69, 9.17) is 4.74 Å². The fourth-order valence-corrected chi connectivity index (χ4v) is 2.77. The topological polar surface area (TPSA) is 41.6 Å². The van der Waals surface area contributed by atoms with Gasteiger partial charge in [0.1, 0.15) is 0 Å². The van der Waals surface area contributed by atoms with Crippen LogP contribution >= 0.6 is 12.4 Å². The molecule has 1 N–H and O–H groups in total. The van der Waals surface area contributed by atoms with Gasteiger partial charge in [-0.25, -0.2) is 8.78 Å². The average molecular weight is 349 g/mol. The maximum Gasteiger partial charge on any atom is 0.319 e. The van der Waals surface area contributed by atoms with E-state index < -0.39 is 11.6 Å². The van der Waals surface area contributed by atoms with Crippen molar-refractivity contribution in [1.82, 2.24) is 10.2 Å². The highest BCUT2D eigenvalue weighted by Gasteiger charge is 2.19. The number of hydrogen-bond acceptors (Lipinski definition) is 4. The molecule has 4 nitrogen and oxygen atoms in total. The van der Waals surface area contributed by atoms with Crippen LogP contribution in [0.1, 0.15) is 18.4 Å². The number of benzene rings is 1. The number of ether oxygens (including phenoxy) is 1. The lowest BCUT2D eigenvalue weighted by atomic mass is 9.99. The van der Waals surface area contributed by atoms with Crippen LogP contribution in [0.3, 0.4) is 0 Å². The van der Waals surface area contributed by atoms with E-state index in [0.29, 0.717) is 18.0 Å². The van der Waals surface area contributed by atoms with Crippen molar-refractivity contribution in [3.05, 3.63) is 35.4 Å². The van der Waals surface area contributed by atoms with Gasteiger partial charge in [-0.1, -0.05) is 6.07 Å². The SMILES string of the molecule is COC(=O)CN(Cc1ccc(F)c(F)c1)CC1CCCNC1.Cl. The molecule has 0 spiro atoms. The lowest BCUT2D eigenvalue weighted by Gasteiger charge is -2.29. The monoisotopic (exact) mass is 348 g/mol. The van der Waals surface area contributed by atoms with E-state index in [-0.39, 0.29) is 24.9 Å². The van der Waals surface area contributed by atoms with Crippen LogP contribution in [0.4, 0.5) is 8.78 Å². The average Bonchev–Trinajstić information content (AvgIpc) is 2.51. The number of carbonyl (C=O) groups excluding carboxylic acids is 1. The first-order chi connectivity index (χ1) is 10.6. The van der Waals surface area contributed by atoms with Gasteiger partial charge in [-0.2, -0.15) is 0 Å². The van der Waals surface area contributed by atoms with Crippen LogP contribution in [0, 0.1) is 17.6 Å². The van der Waals surface area contributed by atoms with E-state index in [1.807, 2.05) is 4.90 Å². The zero-order valence-electron chi connectivity index (χ0n) is 13.2. The van der Waals surface area contributed by atoms with Gasteiger partial charge < -0.3 is 10.1 Å². The van der Waals surface area contributed by atoms with Crippen LogP contribution in [0.15, 0.2) is 18.2 Å². The molecule has 1 fully saturated rings. The fourth-order valence-electron chi connectivity index (χ4n) is 2.77. The van der Waals surface area contributed by atoms with Crippen LogP contribution in [-0.2, 0) is 16.1 Å². The molecule has 0 aliphatic carbocycles. The lowest BCUT2D eigenvalue weighted by molar-refractivity contribution is -0.142. The minimum atomic E-state index is -0.866. The largest absolute Gasteiger partial charge is 0.468 e. The van der Waals surface area contributed by atoms with Gasteiger partial charge in [0, 0.05) is 13.1 Å². The first-order valence-corrected chi connectivity index (χ1v) is 7.52. The third kappa shape index (κ3) is 6.41. The highest BCUT2D eigenvalue weighted by molar-refractivity contribution is 5.85. The Balaban J connectivity index is 0.00000264. The first kappa shape index (κ1) is 19.8. The zero-order chi connectivity index (χ0) is 15.9. The molecule has 0 aromatic heterocycles. The minimum absolute atomic E-state index is 0. The molecule has 0 amide bonds. The molecule has 1 aromatic carbocycles. The molecule has 1 heterocycles. The van der Waals surface area contributed by atoms with Gasteiger partial charge >= 0.3 is 5.97 Å². The number of methoxy groups -OCH3 is 1. The fraction of sp³-hybridized carbons (Fsp3) is 0.562. The maximum absolute atomic E-state index is 13.3. The lowest BCUT2D eigenvalue weighted by Crippen LogP contribution is -2.40. The molecule has 1 unspecified atom stereocenters. The van der Waals surface area contributed by atoms with E-state index in [0.717, 1.165) is 38.5 Å². The molecule has 23 heavy (non-hydrogen) atoms. The van der Waals surface area contributed by atoms with Crippen molar-refractivity contribution in [1.29, 1.82) is 0 Å². The van der Waals surface area contributed by atoms with Crippen molar-refractivity contribution in [3.63, 3.8) is 0 Å². The van der Waals surface area contributed by atoms with Crippen LogP contribution in [-0.4, -0.2) is 44.2 Å². The predicted molar refractivity (Wildman–Crippen MR) is 86.5 cm³/mol. The summed E-state index contributed by atoms with van der Waals surface area (Å²) in [7, 11) is 1.35. The summed E-state index contributed by atoms with van der Waals surface area (Å²) in [6.45, 7) is 3.20. The van der Waals surface area contributed by atoms with Crippen LogP contribution in [0.25, 0.3) is 0 Å². The molecule has 1 aliphatic heterocycles. The van der Waals surface area contributed by atoms with Crippen molar-refractivity contribution in [3.8, 4) is 0 Å².